The lowest BCUT2D eigenvalue weighted by Crippen LogP contribution is -2.33. The first-order valence-corrected chi connectivity index (χ1v) is 9.46. The van der Waals surface area contributed by atoms with Gasteiger partial charge < -0.3 is 4.42 Å². The van der Waals surface area contributed by atoms with Crippen LogP contribution in [-0.4, -0.2) is 17.4 Å². The number of hydrogen-bond donors (Lipinski definition) is 0. The highest BCUT2D eigenvalue weighted by Gasteiger charge is 2.39. The van der Waals surface area contributed by atoms with Crippen LogP contribution in [0.15, 0.2) is 76.4 Å². The summed E-state index contributed by atoms with van der Waals surface area (Å²) in [6, 6.07) is 14.9. The van der Waals surface area contributed by atoms with Crippen LogP contribution >= 0.6 is 0 Å². The number of hydrogen-bond acceptors (Lipinski definition) is 4. The molecule has 0 spiro atoms. The van der Waals surface area contributed by atoms with E-state index in [0.717, 1.165) is 34.8 Å². The van der Waals surface area contributed by atoms with Crippen molar-refractivity contribution in [1.29, 1.82) is 0 Å². The molecule has 0 radical (unpaired) electrons. The highest BCUT2D eigenvalue weighted by molar-refractivity contribution is 6.27. The number of benzene rings is 2. The van der Waals surface area contributed by atoms with E-state index in [1.807, 2.05) is 12.1 Å². The molecule has 1 unspecified atom stereocenters. The number of anilines is 1. The lowest BCUT2D eigenvalue weighted by atomic mass is 9.93. The Morgan fingerprint density at radius 3 is 2.48 bits per heavy atom. The fraction of sp³-hybridized carbons (Fsp3) is 0.174. The van der Waals surface area contributed by atoms with Crippen LogP contribution in [0.5, 0.6) is 0 Å². The molecule has 0 N–H and O–H groups in total. The summed E-state index contributed by atoms with van der Waals surface area (Å²) in [5, 5.41) is 5.10. The molecule has 31 heavy (non-hydrogen) atoms. The molecule has 0 aliphatic carbocycles. The van der Waals surface area contributed by atoms with Crippen molar-refractivity contribution in [3.05, 3.63) is 78.1 Å². The van der Waals surface area contributed by atoms with Gasteiger partial charge in [-0.3, -0.25) is 9.59 Å². The van der Waals surface area contributed by atoms with Crippen LogP contribution in [0.3, 0.4) is 0 Å². The molecule has 0 saturated heterocycles. The van der Waals surface area contributed by atoms with Gasteiger partial charge >= 0.3 is 6.18 Å². The molecular weight excluding hydrogens is 409 g/mol. The third-order valence-electron chi connectivity index (χ3n) is 5.00. The normalized spacial score (nSPS) is 16.5. The van der Waals surface area contributed by atoms with Gasteiger partial charge in [0.25, 0.3) is 5.91 Å². The summed E-state index contributed by atoms with van der Waals surface area (Å²) in [5.74, 6) is -1.33. The maximum Gasteiger partial charge on any atom is 0.416 e. The van der Waals surface area contributed by atoms with Crippen LogP contribution in [-0.2, 0) is 22.2 Å². The standard InChI is InChI=1S/C23H17F3N2O3/c1-14-21(19(29)13-15-4-2-5-16(12-15)20-6-3-11-31-20)22(30)28(27-14)18-9-7-17(8-10-18)23(24,25)26/h2-12,21H,13H2,1H3. The molecule has 1 amide bonds. The van der Waals surface area contributed by atoms with E-state index in [4.69, 9.17) is 4.42 Å². The predicted molar refractivity (Wildman–Crippen MR) is 108 cm³/mol. The molecule has 1 aliphatic heterocycles. The molecule has 1 aromatic heterocycles. The number of ketones is 1. The minimum atomic E-state index is -4.48. The minimum absolute atomic E-state index is 0.0126. The fourth-order valence-corrected chi connectivity index (χ4v) is 3.49. The average Bonchev–Trinajstić information content (AvgIpc) is 3.36. The topological polar surface area (TPSA) is 62.9 Å². The van der Waals surface area contributed by atoms with Crippen molar-refractivity contribution in [1.82, 2.24) is 0 Å². The van der Waals surface area contributed by atoms with Crippen LogP contribution in [0.4, 0.5) is 18.9 Å². The summed E-state index contributed by atoms with van der Waals surface area (Å²) < 4.78 is 43.7. The number of furan rings is 1. The van der Waals surface area contributed by atoms with E-state index in [0.29, 0.717) is 17.0 Å². The average molecular weight is 426 g/mol. The van der Waals surface area contributed by atoms with Crippen LogP contribution in [0.1, 0.15) is 18.1 Å². The number of carbonyl (C=O) groups is 2. The molecule has 1 atom stereocenters. The Bertz CT molecular complexity index is 1150. The van der Waals surface area contributed by atoms with Gasteiger partial charge in [-0.15, -0.1) is 0 Å². The zero-order chi connectivity index (χ0) is 22.2. The zero-order valence-electron chi connectivity index (χ0n) is 16.4. The third kappa shape index (κ3) is 4.14. The van der Waals surface area contributed by atoms with Crippen molar-refractivity contribution >= 4 is 23.1 Å². The van der Waals surface area contributed by atoms with Crippen LogP contribution < -0.4 is 5.01 Å². The van der Waals surface area contributed by atoms with Crippen molar-refractivity contribution in [2.24, 2.45) is 11.0 Å². The van der Waals surface area contributed by atoms with Crippen LogP contribution in [0, 0.1) is 5.92 Å². The van der Waals surface area contributed by atoms with Crippen molar-refractivity contribution < 1.29 is 27.2 Å². The molecule has 2 aromatic carbocycles. The smallest absolute Gasteiger partial charge is 0.416 e. The first-order valence-electron chi connectivity index (χ1n) is 9.46. The number of carbonyl (C=O) groups excluding carboxylic acids is 2. The summed E-state index contributed by atoms with van der Waals surface area (Å²) in [6.07, 6.45) is -2.91. The maximum atomic E-state index is 12.9. The monoisotopic (exact) mass is 426 g/mol. The number of amides is 1. The maximum absolute atomic E-state index is 12.9. The van der Waals surface area contributed by atoms with E-state index in [-0.39, 0.29) is 17.9 Å². The Morgan fingerprint density at radius 1 is 1.10 bits per heavy atom. The summed E-state index contributed by atoms with van der Waals surface area (Å²) >= 11 is 0. The van der Waals surface area contributed by atoms with Crippen molar-refractivity contribution in [3.63, 3.8) is 0 Å². The minimum Gasteiger partial charge on any atom is -0.464 e. The molecule has 158 valence electrons. The molecule has 2 heterocycles. The zero-order valence-corrected chi connectivity index (χ0v) is 16.4. The number of Topliss-reactive ketones (excluding diaryl/α,β-unsaturated/α-hetero) is 1. The first-order chi connectivity index (χ1) is 14.7. The Hall–Kier alpha value is -3.68. The molecular formula is C23H17F3N2O3. The summed E-state index contributed by atoms with van der Waals surface area (Å²) in [6.45, 7) is 1.56. The van der Waals surface area contributed by atoms with E-state index in [9.17, 15) is 22.8 Å². The molecule has 0 saturated carbocycles. The van der Waals surface area contributed by atoms with Gasteiger partial charge in [-0.2, -0.15) is 23.3 Å². The highest BCUT2D eigenvalue weighted by atomic mass is 19.4. The van der Waals surface area contributed by atoms with Gasteiger partial charge in [0, 0.05) is 12.0 Å². The number of alkyl halides is 3. The van der Waals surface area contributed by atoms with Gasteiger partial charge in [-0.25, -0.2) is 0 Å². The molecule has 0 bridgehead atoms. The van der Waals surface area contributed by atoms with E-state index in [1.54, 1.807) is 37.5 Å². The summed E-state index contributed by atoms with van der Waals surface area (Å²) in [7, 11) is 0. The van der Waals surface area contributed by atoms with Gasteiger partial charge in [-0.05, 0) is 55.0 Å². The Morgan fingerprint density at radius 2 is 1.84 bits per heavy atom. The Kier molecular flexibility index (Phi) is 5.22. The summed E-state index contributed by atoms with van der Waals surface area (Å²) in [5.41, 5.74) is 1.18. The molecule has 0 fully saturated rings. The van der Waals surface area contributed by atoms with E-state index >= 15 is 0 Å². The van der Waals surface area contributed by atoms with Gasteiger partial charge in [0.2, 0.25) is 0 Å². The molecule has 4 rings (SSSR count). The van der Waals surface area contributed by atoms with E-state index in [2.05, 4.69) is 5.10 Å². The van der Waals surface area contributed by atoms with E-state index in [1.165, 1.54) is 0 Å². The SMILES string of the molecule is CC1=NN(c2ccc(C(F)(F)F)cc2)C(=O)C1C(=O)Cc1cccc(-c2ccco2)c1. The number of hydrazone groups is 1. The van der Waals surface area contributed by atoms with Gasteiger partial charge in [-0.1, -0.05) is 18.2 Å². The lowest BCUT2D eigenvalue weighted by Gasteiger charge is -2.15. The van der Waals surface area contributed by atoms with Gasteiger partial charge in [0.15, 0.2) is 5.78 Å². The number of rotatable bonds is 5. The van der Waals surface area contributed by atoms with Crippen molar-refractivity contribution in [2.75, 3.05) is 5.01 Å². The second-order valence-corrected chi connectivity index (χ2v) is 7.19. The lowest BCUT2D eigenvalue weighted by molar-refractivity contribution is -0.137. The second-order valence-electron chi connectivity index (χ2n) is 7.19. The summed E-state index contributed by atoms with van der Waals surface area (Å²) in [4.78, 5) is 25.7. The van der Waals surface area contributed by atoms with Crippen LogP contribution in [0.25, 0.3) is 11.3 Å². The molecule has 1 aliphatic rings. The molecule has 8 heteroatoms. The number of nitrogens with zero attached hydrogens (tertiary/aromatic N) is 2. The van der Waals surface area contributed by atoms with Crippen LogP contribution in [0.2, 0.25) is 0 Å². The fourth-order valence-electron chi connectivity index (χ4n) is 3.49. The van der Waals surface area contributed by atoms with Crippen molar-refractivity contribution in [3.8, 4) is 11.3 Å². The van der Waals surface area contributed by atoms with E-state index < -0.39 is 23.6 Å². The number of halogens is 3. The quantitative estimate of drug-likeness (QED) is 0.533. The largest absolute Gasteiger partial charge is 0.464 e. The predicted octanol–water partition coefficient (Wildman–Crippen LogP) is 5.12. The van der Waals surface area contributed by atoms with Crippen molar-refractivity contribution in [2.45, 2.75) is 19.5 Å². The van der Waals surface area contributed by atoms with Gasteiger partial charge in [0.1, 0.15) is 11.7 Å². The Labute approximate surface area is 175 Å². The Balaban J connectivity index is 1.51. The third-order valence-corrected chi connectivity index (χ3v) is 5.00. The molecule has 5 nitrogen and oxygen atoms in total. The second kappa shape index (κ2) is 7.86. The first kappa shape index (κ1) is 20.6. The molecule has 3 aromatic rings. The van der Waals surface area contributed by atoms with Gasteiger partial charge in [0.05, 0.1) is 23.2 Å². The highest BCUT2D eigenvalue weighted by Crippen LogP contribution is 2.32.